The molecular weight excluding hydrogens is 321 g/mol. The van der Waals surface area contributed by atoms with E-state index in [1.807, 2.05) is 0 Å². The van der Waals surface area contributed by atoms with Crippen LogP contribution < -0.4 is 15.5 Å². The molecule has 0 aliphatic carbocycles. The van der Waals surface area contributed by atoms with Crippen LogP contribution in [0.2, 0.25) is 0 Å². The van der Waals surface area contributed by atoms with Gasteiger partial charge in [0.05, 0.1) is 5.69 Å². The Bertz CT molecular complexity index is 719. The average molecular weight is 343 g/mol. The van der Waals surface area contributed by atoms with Crippen LogP contribution in [0.15, 0.2) is 48.5 Å². The van der Waals surface area contributed by atoms with Gasteiger partial charge >= 0.3 is 0 Å². The second-order valence-electron chi connectivity index (χ2n) is 6.09. The van der Waals surface area contributed by atoms with E-state index in [9.17, 15) is 4.39 Å². The smallest absolute Gasteiger partial charge is 0.170 e. The van der Waals surface area contributed by atoms with Crippen LogP contribution in [-0.2, 0) is 6.42 Å². The number of nitrogens with zero attached hydrogens (tertiary/aromatic N) is 1. The molecule has 0 amide bonds. The predicted octanol–water partition coefficient (Wildman–Crippen LogP) is 3.95. The fourth-order valence-electron chi connectivity index (χ4n) is 3.15. The Morgan fingerprint density at radius 1 is 1.21 bits per heavy atom. The van der Waals surface area contributed by atoms with Crippen molar-refractivity contribution in [2.75, 3.05) is 23.3 Å². The predicted molar refractivity (Wildman–Crippen MR) is 102 cm³/mol. The summed E-state index contributed by atoms with van der Waals surface area (Å²) in [6.07, 6.45) is 2.08. The highest BCUT2D eigenvalue weighted by Gasteiger charge is 2.24. The highest BCUT2D eigenvalue weighted by Crippen LogP contribution is 2.31. The third kappa shape index (κ3) is 3.85. The standard InChI is InChI=1S/C19H22FN3S/c1-14-13-15-7-2-5-10-18(15)23(14)12-6-11-21-19(24)22-17-9-4-3-8-16(17)20/h2-5,7-10,14H,6,11-13H2,1H3,(H2,21,22,24)/t14-/m1/s1. The zero-order chi connectivity index (χ0) is 16.9. The first-order valence-electron chi connectivity index (χ1n) is 8.29. The van der Waals surface area contributed by atoms with Crippen molar-refractivity contribution in [3.8, 4) is 0 Å². The van der Waals surface area contributed by atoms with Crippen molar-refractivity contribution in [2.24, 2.45) is 0 Å². The van der Waals surface area contributed by atoms with Gasteiger partial charge in [0.25, 0.3) is 0 Å². The molecule has 0 bridgehead atoms. The van der Waals surface area contributed by atoms with Gasteiger partial charge in [-0.05, 0) is 55.7 Å². The number of rotatable bonds is 5. The monoisotopic (exact) mass is 343 g/mol. The SMILES string of the molecule is C[C@@H]1Cc2ccccc2N1CCCNC(=S)Nc1ccccc1F. The highest BCUT2D eigenvalue weighted by molar-refractivity contribution is 7.80. The number of anilines is 2. The summed E-state index contributed by atoms with van der Waals surface area (Å²) in [6, 6.07) is 15.6. The molecule has 1 aliphatic rings. The van der Waals surface area contributed by atoms with E-state index in [1.165, 1.54) is 17.3 Å². The maximum absolute atomic E-state index is 13.6. The first-order valence-corrected chi connectivity index (χ1v) is 8.70. The third-order valence-corrected chi connectivity index (χ3v) is 4.58. The van der Waals surface area contributed by atoms with Crippen molar-refractivity contribution in [1.29, 1.82) is 0 Å². The summed E-state index contributed by atoms with van der Waals surface area (Å²) >= 11 is 5.23. The van der Waals surface area contributed by atoms with E-state index in [0.29, 0.717) is 16.8 Å². The minimum absolute atomic E-state index is 0.302. The Kier molecular flexibility index (Phi) is 5.30. The molecule has 2 N–H and O–H groups in total. The van der Waals surface area contributed by atoms with Crippen LogP contribution in [0.4, 0.5) is 15.8 Å². The lowest BCUT2D eigenvalue weighted by molar-refractivity contribution is 0.631. The van der Waals surface area contributed by atoms with E-state index in [0.717, 1.165) is 25.9 Å². The summed E-state index contributed by atoms with van der Waals surface area (Å²) in [6.45, 7) is 4.00. The van der Waals surface area contributed by atoms with Gasteiger partial charge in [0.2, 0.25) is 0 Å². The Labute approximate surface area is 147 Å². The third-order valence-electron chi connectivity index (χ3n) is 4.33. The molecule has 2 aromatic carbocycles. The van der Waals surface area contributed by atoms with E-state index in [4.69, 9.17) is 12.2 Å². The fourth-order valence-corrected chi connectivity index (χ4v) is 3.36. The molecule has 24 heavy (non-hydrogen) atoms. The van der Waals surface area contributed by atoms with Crippen molar-refractivity contribution in [1.82, 2.24) is 5.32 Å². The van der Waals surface area contributed by atoms with Crippen molar-refractivity contribution in [3.05, 3.63) is 59.9 Å². The number of hydrogen-bond donors (Lipinski definition) is 2. The molecule has 0 saturated heterocycles. The summed E-state index contributed by atoms with van der Waals surface area (Å²) in [7, 11) is 0. The van der Waals surface area contributed by atoms with Gasteiger partial charge in [-0.3, -0.25) is 0 Å². The molecule has 0 unspecified atom stereocenters. The molecular formula is C19H22FN3S. The Morgan fingerprint density at radius 2 is 1.96 bits per heavy atom. The molecule has 0 fully saturated rings. The van der Waals surface area contributed by atoms with Crippen molar-refractivity contribution >= 4 is 28.7 Å². The number of para-hydroxylation sites is 2. The number of benzene rings is 2. The van der Waals surface area contributed by atoms with Gasteiger partial charge in [0.15, 0.2) is 5.11 Å². The molecule has 3 rings (SSSR count). The molecule has 1 heterocycles. The van der Waals surface area contributed by atoms with Crippen LogP contribution in [0.5, 0.6) is 0 Å². The zero-order valence-electron chi connectivity index (χ0n) is 13.8. The largest absolute Gasteiger partial charge is 0.368 e. The maximum Gasteiger partial charge on any atom is 0.170 e. The molecule has 2 aromatic rings. The fraction of sp³-hybridized carbons (Fsp3) is 0.316. The van der Waals surface area contributed by atoms with Gasteiger partial charge in [-0.25, -0.2) is 4.39 Å². The first-order chi connectivity index (χ1) is 11.6. The molecule has 5 heteroatoms. The van der Waals surface area contributed by atoms with E-state index >= 15 is 0 Å². The Hall–Kier alpha value is -2.14. The van der Waals surface area contributed by atoms with E-state index in [2.05, 4.69) is 46.7 Å². The van der Waals surface area contributed by atoms with Crippen molar-refractivity contribution < 1.29 is 4.39 Å². The topological polar surface area (TPSA) is 27.3 Å². The quantitative estimate of drug-likeness (QED) is 0.635. The van der Waals surface area contributed by atoms with Crippen LogP contribution in [0.3, 0.4) is 0 Å². The van der Waals surface area contributed by atoms with Gasteiger partial charge in [-0.2, -0.15) is 0 Å². The summed E-state index contributed by atoms with van der Waals surface area (Å²) in [4.78, 5) is 2.45. The normalized spacial score (nSPS) is 15.9. The van der Waals surface area contributed by atoms with Gasteiger partial charge in [0, 0.05) is 24.8 Å². The summed E-state index contributed by atoms with van der Waals surface area (Å²) in [5.41, 5.74) is 3.17. The van der Waals surface area contributed by atoms with Crippen LogP contribution >= 0.6 is 12.2 Å². The number of hydrogen-bond acceptors (Lipinski definition) is 2. The maximum atomic E-state index is 13.6. The number of nitrogens with one attached hydrogen (secondary N) is 2. The molecule has 0 saturated carbocycles. The Balaban J connectivity index is 1.44. The lowest BCUT2D eigenvalue weighted by Crippen LogP contribution is -2.34. The highest BCUT2D eigenvalue weighted by atomic mass is 32.1. The summed E-state index contributed by atoms with van der Waals surface area (Å²) in [5, 5.41) is 6.50. The second-order valence-corrected chi connectivity index (χ2v) is 6.50. The van der Waals surface area contributed by atoms with E-state index < -0.39 is 0 Å². The van der Waals surface area contributed by atoms with Gasteiger partial charge in [-0.15, -0.1) is 0 Å². The summed E-state index contributed by atoms with van der Waals surface area (Å²) in [5.74, 6) is -0.302. The molecule has 0 aromatic heterocycles. The number of thiocarbonyl (C=S) groups is 1. The lowest BCUT2D eigenvalue weighted by atomic mass is 10.1. The van der Waals surface area contributed by atoms with Crippen molar-refractivity contribution in [2.45, 2.75) is 25.8 Å². The Morgan fingerprint density at radius 3 is 2.79 bits per heavy atom. The van der Waals surface area contributed by atoms with Crippen LogP contribution in [-0.4, -0.2) is 24.2 Å². The molecule has 3 nitrogen and oxygen atoms in total. The molecule has 1 aliphatic heterocycles. The molecule has 0 radical (unpaired) electrons. The van der Waals surface area contributed by atoms with Gasteiger partial charge in [-0.1, -0.05) is 30.3 Å². The minimum Gasteiger partial charge on any atom is -0.368 e. The molecule has 1 atom stereocenters. The van der Waals surface area contributed by atoms with Crippen LogP contribution in [0.1, 0.15) is 18.9 Å². The summed E-state index contributed by atoms with van der Waals surface area (Å²) < 4.78 is 13.6. The minimum atomic E-state index is -0.302. The number of halogens is 1. The van der Waals surface area contributed by atoms with Crippen LogP contribution in [0.25, 0.3) is 0 Å². The van der Waals surface area contributed by atoms with Crippen molar-refractivity contribution in [3.63, 3.8) is 0 Å². The van der Waals surface area contributed by atoms with Crippen LogP contribution in [0, 0.1) is 5.82 Å². The first kappa shape index (κ1) is 16.7. The second kappa shape index (κ2) is 7.62. The zero-order valence-corrected chi connectivity index (χ0v) is 14.6. The van der Waals surface area contributed by atoms with Gasteiger partial charge in [0.1, 0.15) is 5.82 Å². The van der Waals surface area contributed by atoms with E-state index in [-0.39, 0.29) is 5.82 Å². The van der Waals surface area contributed by atoms with Gasteiger partial charge < -0.3 is 15.5 Å². The molecule has 126 valence electrons. The molecule has 0 spiro atoms. The number of fused-ring (bicyclic) bond motifs is 1. The van der Waals surface area contributed by atoms with E-state index in [1.54, 1.807) is 18.2 Å². The average Bonchev–Trinajstić information content (AvgIpc) is 2.89. The lowest BCUT2D eigenvalue weighted by Gasteiger charge is -2.25.